The first-order valence-electron chi connectivity index (χ1n) is 13.5. The molecule has 0 spiro atoms. The lowest BCUT2D eigenvalue weighted by Crippen LogP contribution is -2.71. The average molecular weight is 628 g/mol. The molecule has 0 aliphatic carbocycles. The van der Waals surface area contributed by atoms with E-state index in [1.54, 1.807) is 0 Å². The van der Waals surface area contributed by atoms with Gasteiger partial charge in [-0.2, -0.15) is 0 Å². The molecule has 3 saturated heterocycles. The average Bonchev–Trinajstić information content (AvgIpc) is 2.94. The predicted molar refractivity (Wildman–Crippen MR) is 136 cm³/mol. The number of carbonyl (C=O) groups excluding carboxylic acids is 3. The minimum Gasteiger partial charge on any atom is -0.394 e. The van der Waals surface area contributed by atoms with E-state index >= 15 is 0 Å². The smallest absolute Gasteiger partial charge is 0.217 e. The Labute approximate surface area is 245 Å². The van der Waals surface area contributed by atoms with E-state index in [9.17, 15) is 55.2 Å². The van der Waals surface area contributed by atoms with Crippen LogP contribution in [-0.2, 0) is 38.1 Å². The highest BCUT2D eigenvalue weighted by atomic mass is 16.7. The van der Waals surface area contributed by atoms with Gasteiger partial charge in [-0.3, -0.25) is 14.4 Å². The van der Waals surface area contributed by atoms with E-state index < -0.39 is 129 Å². The SMILES string of the molecule is CC(=O)N[C@@H]1[C@@H](O[C@@H]2O[C@H](CO)[C@@H](O)[C@H](O[C@@H]3O[C@H](CO)[C@@H](O)[C@H](O)[C@H]3NC(C)=O)[C@H]2NC(C)=O)[C@H](O)[C@@H](CO)O[C@@H]1O. The summed E-state index contributed by atoms with van der Waals surface area (Å²) in [6, 6.07) is -4.37. The Morgan fingerprint density at radius 3 is 1.40 bits per heavy atom. The molecule has 0 bridgehead atoms. The maximum absolute atomic E-state index is 12.3. The predicted octanol–water partition coefficient (Wildman–Crippen LogP) is -7.14. The van der Waals surface area contributed by atoms with E-state index in [4.69, 9.17) is 23.7 Å². The number of hydrogen-bond acceptors (Lipinski definition) is 16. The van der Waals surface area contributed by atoms with Crippen LogP contribution in [0.1, 0.15) is 20.8 Å². The Morgan fingerprint density at radius 1 is 0.558 bits per heavy atom. The van der Waals surface area contributed by atoms with E-state index in [1.807, 2.05) is 0 Å². The number of aliphatic hydroxyl groups excluding tert-OH is 8. The molecule has 3 fully saturated rings. The number of carbonyl (C=O) groups is 3. The van der Waals surface area contributed by atoms with Crippen LogP contribution < -0.4 is 16.0 Å². The molecular formula is C24H41N3O16. The topological polar surface area (TPSA) is 295 Å². The largest absolute Gasteiger partial charge is 0.394 e. The Bertz CT molecular complexity index is 962. The van der Waals surface area contributed by atoms with Gasteiger partial charge in [0.25, 0.3) is 0 Å². The number of aliphatic hydroxyl groups is 8. The summed E-state index contributed by atoms with van der Waals surface area (Å²) < 4.78 is 28.3. The van der Waals surface area contributed by atoms with Gasteiger partial charge < -0.3 is 80.5 Å². The zero-order valence-corrected chi connectivity index (χ0v) is 23.6. The van der Waals surface area contributed by atoms with Crippen molar-refractivity contribution < 1.29 is 78.9 Å². The van der Waals surface area contributed by atoms with Gasteiger partial charge in [-0.1, -0.05) is 0 Å². The molecule has 0 aromatic rings. The fraction of sp³-hybridized carbons (Fsp3) is 0.875. The summed E-state index contributed by atoms with van der Waals surface area (Å²) in [5, 5.41) is 89.9. The maximum Gasteiger partial charge on any atom is 0.217 e. The fourth-order valence-corrected chi connectivity index (χ4v) is 5.27. The molecule has 11 N–H and O–H groups in total. The Balaban J connectivity index is 2.00. The minimum atomic E-state index is -1.78. The van der Waals surface area contributed by atoms with Crippen LogP contribution in [0.4, 0.5) is 0 Å². The van der Waals surface area contributed by atoms with Gasteiger partial charge in [0.2, 0.25) is 17.7 Å². The van der Waals surface area contributed by atoms with E-state index in [0.29, 0.717) is 0 Å². The lowest BCUT2D eigenvalue weighted by atomic mass is 9.93. The third-order valence-corrected chi connectivity index (χ3v) is 7.30. The van der Waals surface area contributed by atoms with Crippen molar-refractivity contribution in [3.05, 3.63) is 0 Å². The van der Waals surface area contributed by atoms with Gasteiger partial charge in [-0.05, 0) is 0 Å². The number of nitrogens with one attached hydrogen (secondary N) is 3. The highest BCUT2D eigenvalue weighted by molar-refractivity contribution is 5.74. The molecule has 19 nitrogen and oxygen atoms in total. The van der Waals surface area contributed by atoms with Crippen molar-refractivity contribution in [2.45, 2.75) is 113 Å². The first kappa shape index (κ1) is 35.4. The molecule has 15 atom stereocenters. The molecular weight excluding hydrogens is 586 g/mol. The first-order chi connectivity index (χ1) is 20.2. The molecule has 3 amide bonds. The summed E-state index contributed by atoms with van der Waals surface area (Å²) in [4.78, 5) is 36.0. The molecule has 248 valence electrons. The van der Waals surface area contributed by atoms with E-state index in [0.717, 1.165) is 20.8 Å². The molecule has 43 heavy (non-hydrogen) atoms. The number of ether oxygens (including phenoxy) is 5. The Kier molecular flexibility index (Phi) is 12.5. The van der Waals surface area contributed by atoms with Gasteiger partial charge >= 0.3 is 0 Å². The molecule has 0 saturated carbocycles. The summed E-state index contributed by atoms with van der Waals surface area (Å²) in [6.45, 7) is 0.964. The zero-order valence-electron chi connectivity index (χ0n) is 23.6. The van der Waals surface area contributed by atoms with Crippen molar-refractivity contribution in [2.24, 2.45) is 0 Å². The number of amides is 3. The van der Waals surface area contributed by atoms with Gasteiger partial charge in [0.1, 0.15) is 73.1 Å². The third-order valence-electron chi connectivity index (χ3n) is 7.30. The summed E-state index contributed by atoms with van der Waals surface area (Å²) in [5.74, 6) is -2.01. The lowest BCUT2D eigenvalue weighted by Gasteiger charge is -2.50. The van der Waals surface area contributed by atoms with Crippen LogP contribution >= 0.6 is 0 Å². The first-order valence-corrected chi connectivity index (χ1v) is 13.5. The molecule has 3 heterocycles. The fourth-order valence-electron chi connectivity index (χ4n) is 5.27. The number of hydrogen-bond donors (Lipinski definition) is 11. The van der Waals surface area contributed by atoms with Crippen molar-refractivity contribution in [2.75, 3.05) is 19.8 Å². The van der Waals surface area contributed by atoms with Crippen molar-refractivity contribution in [3.63, 3.8) is 0 Å². The summed E-state index contributed by atoms with van der Waals surface area (Å²) in [7, 11) is 0. The molecule has 0 aromatic carbocycles. The molecule has 3 aliphatic heterocycles. The van der Waals surface area contributed by atoms with Crippen molar-refractivity contribution >= 4 is 17.7 Å². The molecule has 0 unspecified atom stereocenters. The quantitative estimate of drug-likeness (QED) is 0.107. The molecule has 3 aliphatic rings. The van der Waals surface area contributed by atoms with Crippen LogP contribution in [0.25, 0.3) is 0 Å². The Morgan fingerprint density at radius 2 is 0.930 bits per heavy atom. The van der Waals surface area contributed by atoms with Gasteiger partial charge in [0, 0.05) is 20.8 Å². The van der Waals surface area contributed by atoms with Crippen molar-refractivity contribution in [1.29, 1.82) is 0 Å². The second-order valence-electron chi connectivity index (χ2n) is 10.5. The zero-order chi connectivity index (χ0) is 32.2. The highest BCUT2D eigenvalue weighted by Gasteiger charge is 2.54. The summed E-state index contributed by atoms with van der Waals surface area (Å²) in [6.07, 6.45) is -19.3. The van der Waals surface area contributed by atoms with Gasteiger partial charge in [0.15, 0.2) is 18.9 Å². The number of rotatable bonds is 10. The van der Waals surface area contributed by atoms with Crippen LogP contribution in [0, 0.1) is 0 Å². The second-order valence-corrected chi connectivity index (χ2v) is 10.5. The van der Waals surface area contributed by atoms with Gasteiger partial charge in [0.05, 0.1) is 19.8 Å². The normalized spacial score (nSPS) is 43.5. The van der Waals surface area contributed by atoms with Crippen LogP contribution in [-0.4, -0.2) is 170 Å². The van der Waals surface area contributed by atoms with Gasteiger partial charge in [-0.25, -0.2) is 0 Å². The van der Waals surface area contributed by atoms with Crippen LogP contribution in [0.2, 0.25) is 0 Å². The van der Waals surface area contributed by atoms with E-state index in [2.05, 4.69) is 16.0 Å². The molecule has 0 radical (unpaired) electrons. The molecule has 0 aromatic heterocycles. The van der Waals surface area contributed by atoms with Crippen LogP contribution in [0.3, 0.4) is 0 Å². The molecule has 3 rings (SSSR count). The van der Waals surface area contributed by atoms with Crippen molar-refractivity contribution in [1.82, 2.24) is 16.0 Å². The monoisotopic (exact) mass is 627 g/mol. The summed E-state index contributed by atoms with van der Waals surface area (Å²) >= 11 is 0. The standard InChI is InChI=1S/C24H41N3O16/c1-7(31)25-13-19(37)16(34)10(4-28)40-23(13)43-21-15(27-9(3)33)24(41-12(6-30)18(21)36)42-20-14(26-8(2)32)22(38)39-11(5-29)17(20)35/h10-24,28-30,34-38H,4-6H2,1-3H3,(H,25,31)(H,26,32)(H,27,33)/t10-,11-,12-,13-,14-,15-,16-,17-,18-,19-,20-,21-,22+,23+,24+/m1/s1. The van der Waals surface area contributed by atoms with Crippen LogP contribution in [0.15, 0.2) is 0 Å². The Hall–Kier alpha value is -2.11. The molecule has 19 heteroatoms. The van der Waals surface area contributed by atoms with Crippen LogP contribution in [0.5, 0.6) is 0 Å². The third kappa shape index (κ3) is 8.14. The highest BCUT2D eigenvalue weighted by Crippen LogP contribution is 2.32. The second kappa shape index (κ2) is 15.3. The summed E-state index contributed by atoms with van der Waals surface area (Å²) in [5.41, 5.74) is 0. The minimum absolute atomic E-state index is 0.651. The van der Waals surface area contributed by atoms with Gasteiger partial charge in [-0.15, -0.1) is 0 Å². The maximum atomic E-state index is 12.3. The van der Waals surface area contributed by atoms with E-state index in [-0.39, 0.29) is 0 Å². The van der Waals surface area contributed by atoms with Crippen molar-refractivity contribution in [3.8, 4) is 0 Å². The van der Waals surface area contributed by atoms with E-state index in [1.165, 1.54) is 0 Å². The lowest BCUT2D eigenvalue weighted by molar-refractivity contribution is -0.347.